The monoisotopic (exact) mass is 440 g/mol. The molecule has 0 saturated carbocycles. The maximum absolute atomic E-state index is 13.4. The number of fused-ring (bicyclic) bond motifs is 2. The van der Waals surface area contributed by atoms with Crippen LogP contribution in [-0.2, 0) is 9.53 Å². The van der Waals surface area contributed by atoms with Gasteiger partial charge in [0.2, 0.25) is 6.79 Å². The Hall–Kier alpha value is -4.39. The highest BCUT2D eigenvalue weighted by Crippen LogP contribution is 2.36. The van der Waals surface area contributed by atoms with Gasteiger partial charge in [0.15, 0.2) is 17.5 Å². The molecule has 1 amide bonds. The normalized spacial score (nSPS) is 12.9. The predicted octanol–water partition coefficient (Wildman–Crippen LogP) is 4.27. The summed E-state index contributed by atoms with van der Waals surface area (Å²) in [6.45, 7) is 0.173. The number of esters is 1. The van der Waals surface area contributed by atoms with Crippen LogP contribution in [0.15, 0.2) is 78.9 Å². The molecule has 0 radical (unpaired) electrons. The van der Waals surface area contributed by atoms with E-state index in [9.17, 15) is 9.59 Å². The first-order chi connectivity index (χ1) is 16.1. The number of para-hydroxylation sites is 1. The van der Waals surface area contributed by atoms with Crippen LogP contribution in [0.1, 0.15) is 22.0 Å². The molecule has 1 atom stereocenters. The number of benzene rings is 3. The molecule has 1 N–H and O–H groups in total. The van der Waals surface area contributed by atoms with Crippen molar-refractivity contribution < 1.29 is 23.8 Å². The first kappa shape index (κ1) is 20.5. The Bertz CT molecular complexity index is 1350. The van der Waals surface area contributed by atoms with Crippen molar-refractivity contribution in [1.82, 2.24) is 10.3 Å². The molecule has 2 heterocycles. The molecule has 5 rings (SSSR count). The van der Waals surface area contributed by atoms with E-state index in [1.165, 1.54) is 7.11 Å². The molecule has 1 aliphatic heterocycles. The molecule has 164 valence electrons. The Labute approximate surface area is 189 Å². The first-order valence-electron chi connectivity index (χ1n) is 10.4. The number of methoxy groups -OCH3 is 1. The molecule has 4 aromatic rings. The van der Waals surface area contributed by atoms with E-state index in [-0.39, 0.29) is 6.79 Å². The highest BCUT2D eigenvalue weighted by molar-refractivity contribution is 6.08. The van der Waals surface area contributed by atoms with Gasteiger partial charge < -0.3 is 19.5 Å². The average molecular weight is 440 g/mol. The molecule has 0 aliphatic carbocycles. The minimum atomic E-state index is -0.940. The zero-order chi connectivity index (χ0) is 22.8. The van der Waals surface area contributed by atoms with Crippen LogP contribution in [0.3, 0.4) is 0 Å². The Morgan fingerprint density at radius 1 is 0.939 bits per heavy atom. The second kappa shape index (κ2) is 8.63. The maximum atomic E-state index is 13.4. The fourth-order valence-electron chi connectivity index (χ4n) is 3.82. The van der Waals surface area contributed by atoms with Crippen molar-refractivity contribution in [2.75, 3.05) is 13.9 Å². The number of ether oxygens (including phenoxy) is 3. The van der Waals surface area contributed by atoms with Crippen LogP contribution in [0.25, 0.3) is 22.2 Å². The molecule has 0 spiro atoms. The van der Waals surface area contributed by atoms with E-state index in [2.05, 4.69) is 5.32 Å². The number of pyridine rings is 1. The fourth-order valence-corrected chi connectivity index (χ4v) is 3.82. The molecule has 0 bridgehead atoms. The van der Waals surface area contributed by atoms with Gasteiger partial charge >= 0.3 is 5.97 Å². The van der Waals surface area contributed by atoms with Gasteiger partial charge in [-0.05, 0) is 35.9 Å². The lowest BCUT2D eigenvalue weighted by Crippen LogP contribution is -2.34. The average Bonchev–Trinajstić information content (AvgIpc) is 3.34. The van der Waals surface area contributed by atoms with E-state index in [1.807, 2.05) is 48.5 Å². The third-order valence-corrected chi connectivity index (χ3v) is 5.47. The largest absolute Gasteiger partial charge is 0.467 e. The molecule has 33 heavy (non-hydrogen) atoms. The summed E-state index contributed by atoms with van der Waals surface area (Å²) < 4.78 is 15.8. The second-order valence-electron chi connectivity index (χ2n) is 7.48. The van der Waals surface area contributed by atoms with Crippen molar-refractivity contribution in [2.45, 2.75) is 6.04 Å². The van der Waals surface area contributed by atoms with E-state index in [0.717, 1.165) is 5.56 Å². The van der Waals surface area contributed by atoms with E-state index >= 15 is 0 Å². The summed E-state index contributed by atoms with van der Waals surface area (Å²) >= 11 is 0. The summed E-state index contributed by atoms with van der Waals surface area (Å²) in [7, 11) is 1.30. The van der Waals surface area contributed by atoms with Crippen molar-refractivity contribution in [2.24, 2.45) is 0 Å². The topological polar surface area (TPSA) is 86.8 Å². The van der Waals surface area contributed by atoms with Crippen molar-refractivity contribution in [1.29, 1.82) is 0 Å². The third kappa shape index (κ3) is 3.96. The van der Waals surface area contributed by atoms with Crippen molar-refractivity contribution in [3.63, 3.8) is 0 Å². The number of carbonyl (C=O) groups excluding carboxylic acids is 2. The van der Waals surface area contributed by atoms with Gasteiger partial charge in [-0.2, -0.15) is 0 Å². The third-order valence-electron chi connectivity index (χ3n) is 5.47. The minimum Gasteiger partial charge on any atom is -0.467 e. The van der Waals surface area contributed by atoms with Crippen molar-refractivity contribution >= 4 is 22.8 Å². The molecule has 3 aromatic carbocycles. The lowest BCUT2D eigenvalue weighted by molar-refractivity contribution is -0.143. The molecular formula is C26H20N2O5. The molecule has 1 aromatic heterocycles. The number of nitrogens with zero attached hydrogens (tertiary/aromatic N) is 1. The smallest absolute Gasteiger partial charge is 0.333 e. The number of amides is 1. The van der Waals surface area contributed by atoms with E-state index in [0.29, 0.717) is 39.2 Å². The van der Waals surface area contributed by atoms with Gasteiger partial charge in [-0.15, -0.1) is 0 Å². The molecule has 0 fully saturated rings. The molecule has 7 heteroatoms. The highest BCUT2D eigenvalue weighted by atomic mass is 16.7. The van der Waals surface area contributed by atoms with Crippen molar-refractivity contribution in [3.05, 3.63) is 90.0 Å². The molecule has 0 unspecified atom stereocenters. The molecule has 7 nitrogen and oxygen atoms in total. The fraction of sp³-hybridized carbons (Fsp3) is 0.115. The van der Waals surface area contributed by atoms with Crippen LogP contribution >= 0.6 is 0 Å². The predicted molar refractivity (Wildman–Crippen MR) is 122 cm³/mol. The van der Waals surface area contributed by atoms with Gasteiger partial charge in [0.05, 0.1) is 23.9 Å². The lowest BCUT2D eigenvalue weighted by Gasteiger charge is -2.18. The standard InChI is InChI=1S/C26H20N2O5/c1-31-26(30)24(16-7-3-2-4-8-16)28-25(29)19-14-21(27-20-10-6-5-9-18(19)20)17-11-12-22-23(13-17)33-15-32-22/h2-14,24H,15H2,1H3,(H,28,29)/t24-/m1/s1. The molecular weight excluding hydrogens is 420 g/mol. The van der Waals surface area contributed by atoms with Gasteiger partial charge in [0.1, 0.15) is 0 Å². The number of hydrogen-bond donors (Lipinski definition) is 1. The van der Waals surface area contributed by atoms with Gasteiger partial charge in [0.25, 0.3) is 5.91 Å². The van der Waals surface area contributed by atoms with Gasteiger partial charge in [-0.1, -0.05) is 48.5 Å². The Balaban J connectivity index is 1.56. The summed E-state index contributed by atoms with van der Waals surface area (Å²) in [6, 6.07) is 22.7. The zero-order valence-electron chi connectivity index (χ0n) is 17.8. The highest BCUT2D eigenvalue weighted by Gasteiger charge is 2.25. The minimum absolute atomic E-state index is 0.173. The van der Waals surface area contributed by atoms with Crippen LogP contribution in [0, 0.1) is 0 Å². The molecule has 1 aliphatic rings. The van der Waals surface area contributed by atoms with Gasteiger partial charge in [-0.25, -0.2) is 9.78 Å². The van der Waals surface area contributed by atoms with E-state index in [1.54, 1.807) is 30.3 Å². The van der Waals surface area contributed by atoms with E-state index in [4.69, 9.17) is 19.2 Å². The van der Waals surface area contributed by atoms with E-state index < -0.39 is 17.9 Å². The second-order valence-corrected chi connectivity index (χ2v) is 7.48. The molecule has 0 saturated heterocycles. The quantitative estimate of drug-likeness (QED) is 0.467. The van der Waals surface area contributed by atoms with Crippen LogP contribution in [0.4, 0.5) is 0 Å². The van der Waals surface area contributed by atoms with Crippen LogP contribution < -0.4 is 14.8 Å². The summed E-state index contributed by atoms with van der Waals surface area (Å²) in [4.78, 5) is 30.6. The summed E-state index contributed by atoms with van der Waals surface area (Å²) in [5.74, 6) is 0.336. The lowest BCUT2D eigenvalue weighted by atomic mass is 10.0. The summed E-state index contributed by atoms with van der Waals surface area (Å²) in [5, 5.41) is 3.50. The zero-order valence-corrected chi connectivity index (χ0v) is 17.8. The van der Waals surface area contributed by atoms with Crippen LogP contribution in [0.5, 0.6) is 11.5 Å². The van der Waals surface area contributed by atoms with Crippen molar-refractivity contribution in [3.8, 4) is 22.8 Å². The maximum Gasteiger partial charge on any atom is 0.333 e. The Kier molecular flexibility index (Phi) is 5.36. The van der Waals surface area contributed by atoms with Crippen LogP contribution in [-0.4, -0.2) is 30.8 Å². The number of rotatable bonds is 5. The van der Waals surface area contributed by atoms with Gasteiger partial charge in [-0.3, -0.25) is 4.79 Å². The summed E-state index contributed by atoms with van der Waals surface area (Å²) in [6.07, 6.45) is 0. The SMILES string of the molecule is COC(=O)[C@H](NC(=O)c1cc(-c2ccc3c(c2)OCO3)nc2ccccc12)c1ccccc1. The number of hydrogen-bond acceptors (Lipinski definition) is 6. The van der Waals surface area contributed by atoms with Gasteiger partial charge in [0, 0.05) is 10.9 Å². The number of aromatic nitrogens is 1. The Morgan fingerprint density at radius 2 is 1.70 bits per heavy atom. The number of nitrogens with one attached hydrogen (secondary N) is 1. The summed E-state index contributed by atoms with van der Waals surface area (Å²) in [5.41, 5.74) is 3.08. The van der Waals surface area contributed by atoms with Crippen LogP contribution in [0.2, 0.25) is 0 Å². The first-order valence-corrected chi connectivity index (χ1v) is 10.4. The number of carbonyl (C=O) groups is 2. The Morgan fingerprint density at radius 3 is 2.52 bits per heavy atom.